The summed E-state index contributed by atoms with van der Waals surface area (Å²) < 4.78 is 4.93. The van der Waals surface area contributed by atoms with Crippen molar-refractivity contribution in [3.8, 4) is 0 Å². The summed E-state index contributed by atoms with van der Waals surface area (Å²) in [7, 11) is 1.68. The summed E-state index contributed by atoms with van der Waals surface area (Å²) >= 11 is 0. The minimum atomic E-state index is 0.653. The van der Waals surface area contributed by atoms with Crippen LogP contribution < -0.4 is 5.73 Å². The Hall–Kier alpha value is -1.02. The van der Waals surface area contributed by atoms with E-state index in [1.54, 1.807) is 7.11 Å². The molecule has 0 saturated carbocycles. The van der Waals surface area contributed by atoms with Crippen LogP contribution in [-0.2, 0) is 11.3 Å². The second kappa shape index (κ2) is 3.22. The van der Waals surface area contributed by atoms with Crippen LogP contribution in [0.1, 0.15) is 5.56 Å². The Morgan fingerprint density at radius 1 is 1.30 bits per heavy atom. The maximum atomic E-state index is 5.48. The van der Waals surface area contributed by atoms with Gasteiger partial charge in [-0.05, 0) is 17.7 Å². The topological polar surface area (TPSA) is 35.2 Å². The van der Waals surface area contributed by atoms with Crippen LogP contribution in [0.15, 0.2) is 24.3 Å². The zero-order chi connectivity index (χ0) is 7.40. The number of rotatable bonds is 2. The SMILES string of the molecule is COCc1ccc(N)cc1. The zero-order valence-corrected chi connectivity index (χ0v) is 6.00. The average Bonchev–Trinajstić information content (AvgIpc) is 1.95. The van der Waals surface area contributed by atoms with Crippen molar-refractivity contribution in [3.05, 3.63) is 29.8 Å². The van der Waals surface area contributed by atoms with E-state index in [0.717, 1.165) is 11.3 Å². The lowest BCUT2D eigenvalue weighted by atomic mass is 10.2. The first-order valence-electron chi connectivity index (χ1n) is 3.16. The van der Waals surface area contributed by atoms with Crippen molar-refractivity contribution in [3.63, 3.8) is 0 Å². The van der Waals surface area contributed by atoms with Gasteiger partial charge in [0.1, 0.15) is 0 Å². The minimum Gasteiger partial charge on any atom is -0.399 e. The van der Waals surface area contributed by atoms with Crippen molar-refractivity contribution >= 4 is 5.69 Å². The third-order valence-electron chi connectivity index (χ3n) is 1.29. The zero-order valence-electron chi connectivity index (χ0n) is 6.00. The van der Waals surface area contributed by atoms with Gasteiger partial charge in [0.25, 0.3) is 0 Å². The molecule has 2 nitrogen and oxygen atoms in total. The molecule has 0 radical (unpaired) electrons. The molecule has 0 aromatic heterocycles. The molecule has 0 unspecified atom stereocenters. The van der Waals surface area contributed by atoms with Crippen molar-refractivity contribution in [2.45, 2.75) is 6.61 Å². The second-order valence-electron chi connectivity index (χ2n) is 2.17. The molecule has 0 aliphatic rings. The molecule has 0 amide bonds. The van der Waals surface area contributed by atoms with E-state index in [-0.39, 0.29) is 0 Å². The van der Waals surface area contributed by atoms with Crippen molar-refractivity contribution in [2.24, 2.45) is 0 Å². The number of nitrogen functional groups attached to an aromatic ring is 1. The van der Waals surface area contributed by atoms with E-state index in [4.69, 9.17) is 10.5 Å². The van der Waals surface area contributed by atoms with Crippen molar-refractivity contribution in [1.29, 1.82) is 0 Å². The van der Waals surface area contributed by atoms with Crippen LogP contribution in [0.4, 0.5) is 5.69 Å². The van der Waals surface area contributed by atoms with Crippen LogP contribution in [0.25, 0.3) is 0 Å². The Morgan fingerprint density at radius 2 is 1.90 bits per heavy atom. The smallest absolute Gasteiger partial charge is 0.0713 e. The number of hydrogen-bond donors (Lipinski definition) is 1. The number of nitrogens with two attached hydrogens (primary N) is 1. The normalized spacial score (nSPS) is 9.70. The van der Waals surface area contributed by atoms with E-state index in [0.29, 0.717) is 6.61 Å². The highest BCUT2D eigenvalue weighted by Crippen LogP contribution is 2.05. The van der Waals surface area contributed by atoms with Gasteiger partial charge in [0, 0.05) is 12.8 Å². The minimum absolute atomic E-state index is 0.653. The molecular formula is C8H11NO. The maximum absolute atomic E-state index is 5.48. The number of hydrogen-bond acceptors (Lipinski definition) is 2. The molecule has 2 N–H and O–H groups in total. The molecule has 1 rings (SSSR count). The number of anilines is 1. The van der Waals surface area contributed by atoms with Gasteiger partial charge in [-0.15, -0.1) is 0 Å². The molecule has 0 fully saturated rings. The highest BCUT2D eigenvalue weighted by atomic mass is 16.5. The highest BCUT2D eigenvalue weighted by Gasteiger charge is 1.88. The molecule has 0 spiro atoms. The molecule has 54 valence electrons. The molecule has 0 atom stereocenters. The molecule has 10 heavy (non-hydrogen) atoms. The van der Waals surface area contributed by atoms with Gasteiger partial charge in [0.15, 0.2) is 0 Å². The highest BCUT2D eigenvalue weighted by molar-refractivity contribution is 5.38. The maximum Gasteiger partial charge on any atom is 0.0713 e. The standard InChI is InChI=1S/C8H11NO/c1-10-6-7-2-4-8(9)5-3-7/h2-5H,6,9H2,1H3. The Labute approximate surface area is 60.6 Å². The summed E-state index contributed by atoms with van der Waals surface area (Å²) in [4.78, 5) is 0. The van der Waals surface area contributed by atoms with E-state index in [2.05, 4.69) is 0 Å². The van der Waals surface area contributed by atoms with E-state index < -0.39 is 0 Å². The molecule has 0 bridgehead atoms. The van der Waals surface area contributed by atoms with Gasteiger partial charge in [-0.1, -0.05) is 12.1 Å². The molecule has 0 heterocycles. The first kappa shape index (κ1) is 7.09. The van der Waals surface area contributed by atoms with Crippen LogP contribution in [0.2, 0.25) is 0 Å². The lowest BCUT2D eigenvalue weighted by molar-refractivity contribution is 0.185. The number of benzene rings is 1. The predicted octanol–water partition coefficient (Wildman–Crippen LogP) is 1.42. The summed E-state index contributed by atoms with van der Waals surface area (Å²) in [6.45, 7) is 0.653. The molecule has 0 aliphatic carbocycles. The molecular weight excluding hydrogens is 126 g/mol. The van der Waals surface area contributed by atoms with Crippen LogP contribution in [-0.4, -0.2) is 7.11 Å². The Balaban J connectivity index is 2.69. The third kappa shape index (κ3) is 1.74. The van der Waals surface area contributed by atoms with Gasteiger partial charge in [-0.25, -0.2) is 0 Å². The van der Waals surface area contributed by atoms with Crippen molar-refractivity contribution in [2.75, 3.05) is 12.8 Å². The summed E-state index contributed by atoms with van der Waals surface area (Å²) in [5.74, 6) is 0. The summed E-state index contributed by atoms with van der Waals surface area (Å²) in [5.41, 5.74) is 7.42. The quantitative estimate of drug-likeness (QED) is 0.625. The van der Waals surface area contributed by atoms with Crippen LogP contribution >= 0.6 is 0 Å². The van der Waals surface area contributed by atoms with E-state index in [1.165, 1.54) is 0 Å². The predicted molar refractivity (Wildman–Crippen MR) is 41.6 cm³/mol. The third-order valence-corrected chi connectivity index (χ3v) is 1.29. The Kier molecular flexibility index (Phi) is 2.29. The summed E-state index contributed by atoms with van der Waals surface area (Å²) in [5, 5.41) is 0. The van der Waals surface area contributed by atoms with Crippen LogP contribution in [0.5, 0.6) is 0 Å². The fourth-order valence-corrected chi connectivity index (χ4v) is 0.781. The van der Waals surface area contributed by atoms with Crippen molar-refractivity contribution in [1.82, 2.24) is 0 Å². The van der Waals surface area contributed by atoms with Crippen molar-refractivity contribution < 1.29 is 4.74 Å². The fourth-order valence-electron chi connectivity index (χ4n) is 0.781. The van der Waals surface area contributed by atoms with E-state index in [9.17, 15) is 0 Å². The van der Waals surface area contributed by atoms with Gasteiger partial charge >= 0.3 is 0 Å². The number of methoxy groups -OCH3 is 1. The lowest BCUT2D eigenvalue weighted by Crippen LogP contribution is -1.88. The van der Waals surface area contributed by atoms with E-state index >= 15 is 0 Å². The first-order chi connectivity index (χ1) is 4.83. The molecule has 0 saturated heterocycles. The van der Waals surface area contributed by atoms with Crippen LogP contribution in [0.3, 0.4) is 0 Å². The van der Waals surface area contributed by atoms with E-state index in [1.807, 2.05) is 24.3 Å². The molecule has 1 aromatic carbocycles. The Morgan fingerprint density at radius 3 is 2.40 bits per heavy atom. The monoisotopic (exact) mass is 137 g/mol. The molecule has 2 heteroatoms. The summed E-state index contributed by atoms with van der Waals surface area (Å²) in [6, 6.07) is 7.65. The Bertz CT molecular complexity index is 193. The van der Waals surface area contributed by atoms with Gasteiger partial charge < -0.3 is 10.5 Å². The lowest BCUT2D eigenvalue weighted by Gasteiger charge is -1.98. The average molecular weight is 137 g/mol. The van der Waals surface area contributed by atoms with Crippen LogP contribution in [0, 0.1) is 0 Å². The summed E-state index contributed by atoms with van der Waals surface area (Å²) in [6.07, 6.45) is 0. The van der Waals surface area contributed by atoms with Gasteiger partial charge in [-0.3, -0.25) is 0 Å². The number of ether oxygens (including phenoxy) is 1. The largest absolute Gasteiger partial charge is 0.399 e. The molecule has 1 aromatic rings. The second-order valence-corrected chi connectivity index (χ2v) is 2.17. The first-order valence-corrected chi connectivity index (χ1v) is 3.16. The van der Waals surface area contributed by atoms with Gasteiger partial charge in [0.2, 0.25) is 0 Å². The van der Waals surface area contributed by atoms with Gasteiger partial charge in [-0.2, -0.15) is 0 Å². The van der Waals surface area contributed by atoms with Gasteiger partial charge in [0.05, 0.1) is 6.61 Å². The molecule has 0 aliphatic heterocycles. The fraction of sp³-hybridized carbons (Fsp3) is 0.250.